The minimum absolute atomic E-state index is 0.00396. The molecule has 17 heteroatoms. The van der Waals surface area contributed by atoms with Gasteiger partial charge in [0.2, 0.25) is 11.8 Å². The summed E-state index contributed by atoms with van der Waals surface area (Å²) in [5.74, 6) is -1.12. The first-order chi connectivity index (χ1) is 27.9. The molecule has 0 spiro atoms. The van der Waals surface area contributed by atoms with Crippen molar-refractivity contribution in [2.45, 2.75) is 95.6 Å². The van der Waals surface area contributed by atoms with E-state index in [4.69, 9.17) is 0 Å². The topological polar surface area (TPSA) is 156 Å². The van der Waals surface area contributed by atoms with Crippen LogP contribution >= 0.6 is 11.8 Å². The number of urea groups is 1. The number of alkyl carbamates (subject to hydrolysis) is 1. The van der Waals surface area contributed by atoms with Crippen molar-refractivity contribution in [3.8, 4) is 0 Å². The number of alkyl halides is 3. The molecule has 4 unspecified atom stereocenters. The zero-order chi connectivity index (χ0) is 43.3. The Morgan fingerprint density at radius 3 is 2.32 bits per heavy atom. The number of thioether (sulfide) groups is 1. The summed E-state index contributed by atoms with van der Waals surface area (Å²) in [6.07, 6.45) is -1.18. The summed E-state index contributed by atoms with van der Waals surface area (Å²) >= 11 is -0.242. The van der Waals surface area contributed by atoms with Gasteiger partial charge in [0.15, 0.2) is 0 Å². The van der Waals surface area contributed by atoms with Gasteiger partial charge in [0.05, 0.1) is 31.5 Å². The molecule has 1 aliphatic heterocycles. The lowest BCUT2D eigenvalue weighted by Gasteiger charge is -2.35. The van der Waals surface area contributed by atoms with Gasteiger partial charge in [-0.2, -0.15) is 13.2 Å². The van der Waals surface area contributed by atoms with Gasteiger partial charge in [0.1, 0.15) is 6.04 Å². The Balaban J connectivity index is 1.58. The zero-order valence-electron chi connectivity index (χ0n) is 34.4. The number of benzene rings is 2. The molecule has 1 aliphatic rings. The summed E-state index contributed by atoms with van der Waals surface area (Å²) in [7, 11) is 1.23. The smallest absolute Gasteiger partial charge is 0.446 e. The van der Waals surface area contributed by atoms with E-state index in [-0.39, 0.29) is 61.1 Å². The van der Waals surface area contributed by atoms with Crippen LogP contribution in [0, 0.1) is 18.3 Å². The number of aliphatic hydroxyl groups is 1. The first-order valence-corrected chi connectivity index (χ1v) is 20.4. The molecule has 4 N–H and O–H groups in total. The van der Waals surface area contributed by atoms with Crippen LogP contribution in [-0.2, 0) is 33.8 Å². The molecule has 4 atom stereocenters. The van der Waals surface area contributed by atoms with Gasteiger partial charge >= 0.3 is 17.6 Å². The van der Waals surface area contributed by atoms with Gasteiger partial charge in [-0.1, -0.05) is 82.6 Å². The summed E-state index contributed by atoms with van der Waals surface area (Å²) in [5, 5.41) is 19.1. The number of nitrogens with zero attached hydrogens (tertiary/aromatic N) is 4. The molecule has 5 amide bonds. The lowest BCUT2D eigenvalue weighted by Crippen LogP contribution is -2.58. The van der Waals surface area contributed by atoms with Crippen LogP contribution < -0.4 is 16.1 Å². The standard InChI is InChI=1S/C42H56F3N7O6S/c1-7-28(2)37(52-21-20-50(40(52)57)25-32-15-11-12-29(3)47-32)38(55)48-34(22-30-13-9-8-10-14-30)35(53)26-51(24-31-16-18-33(19-17-31)59-42(43,44)45)49-36(54)23-41(4,5)27-46-39(56)58-6/h8-19,28,34-35,37,53H,7,20-27H2,1-6H3,(H,46,56)(H,48,55)(H,49,54). The molecule has 3 aromatic rings. The van der Waals surface area contributed by atoms with Crippen LogP contribution in [0.15, 0.2) is 77.7 Å². The number of hydrogen-bond donors (Lipinski definition) is 4. The highest BCUT2D eigenvalue weighted by atomic mass is 32.2. The van der Waals surface area contributed by atoms with Crippen LogP contribution in [0.3, 0.4) is 0 Å². The Morgan fingerprint density at radius 2 is 1.69 bits per heavy atom. The van der Waals surface area contributed by atoms with Crippen molar-refractivity contribution in [3.05, 3.63) is 95.3 Å². The summed E-state index contributed by atoms with van der Waals surface area (Å²) in [4.78, 5) is 61.2. The number of carbonyl (C=O) groups is 4. The molecule has 2 heterocycles. The van der Waals surface area contributed by atoms with Gasteiger partial charge in [-0.15, -0.1) is 0 Å². The molecule has 4 rings (SSSR count). The fraction of sp³-hybridized carbons (Fsp3) is 0.500. The highest BCUT2D eigenvalue weighted by molar-refractivity contribution is 8.00. The third kappa shape index (κ3) is 15.0. The number of pyridine rings is 1. The SMILES string of the molecule is CCC(C)C(C(=O)NC(Cc1ccccc1)C(O)CN(Cc1ccc(SC(F)(F)F)cc1)NC(=O)CC(C)(C)CNC(=O)OC)N1CCN(Cc2cccc(C)n2)C1=O. The lowest BCUT2D eigenvalue weighted by atomic mass is 9.89. The summed E-state index contributed by atoms with van der Waals surface area (Å²) in [5.41, 5.74) is 0.599. The van der Waals surface area contributed by atoms with Crippen molar-refractivity contribution in [2.24, 2.45) is 11.3 Å². The maximum atomic E-state index is 14.4. The minimum atomic E-state index is -4.46. The van der Waals surface area contributed by atoms with Crippen molar-refractivity contribution in [1.82, 2.24) is 35.9 Å². The van der Waals surface area contributed by atoms with E-state index in [0.717, 1.165) is 17.0 Å². The van der Waals surface area contributed by atoms with E-state index in [1.807, 2.05) is 69.3 Å². The minimum Gasteiger partial charge on any atom is -0.453 e. The molecule has 2 aromatic carbocycles. The predicted molar refractivity (Wildman–Crippen MR) is 219 cm³/mol. The fourth-order valence-corrected chi connectivity index (χ4v) is 7.39. The molecule has 0 radical (unpaired) electrons. The Morgan fingerprint density at radius 1 is 1.00 bits per heavy atom. The van der Waals surface area contributed by atoms with E-state index < -0.39 is 47.0 Å². The van der Waals surface area contributed by atoms with Crippen LogP contribution in [0.5, 0.6) is 0 Å². The molecule has 1 aromatic heterocycles. The number of ether oxygens (including phenoxy) is 1. The van der Waals surface area contributed by atoms with Gasteiger partial charge < -0.3 is 30.3 Å². The Kier molecular flexibility index (Phi) is 17.0. The van der Waals surface area contributed by atoms with E-state index in [1.54, 1.807) is 23.6 Å². The third-order valence-electron chi connectivity index (χ3n) is 10.1. The molecule has 1 saturated heterocycles. The van der Waals surface area contributed by atoms with Crippen LogP contribution in [0.1, 0.15) is 63.1 Å². The van der Waals surface area contributed by atoms with E-state index in [2.05, 4.69) is 25.8 Å². The summed E-state index contributed by atoms with van der Waals surface area (Å²) < 4.78 is 43.8. The molecular weight excluding hydrogens is 788 g/mol. The number of amides is 5. The summed E-state index contributed by atoms with van der Waals surface area (Å²) in [6.45, 7) is 10.2. The molecule has 1 fully saturated rings. The van der Waals surface area contributed by atoms with E-state index >= 15 is 0 Å². The van der Waals surface area contributed by atoms with Gasteiger partial charge in [-0.3, -0.25) is 20.0 Å². The monoisotopic (exact) mass is 843 g/mol. The van der Waals surface area contributed by atoms with Gasteiger partial charge in [-0.25, -0.2) is 14.6 Å². The fourth-order valence-electron chi connectivity index (χ4n) is 6.86. The molecule has 0 bridgehead atoms. The van der Waals surface area contributed by atoms with Crippen LogP contribution in [0.2, 0.25) is 0 Å². The summed E-state index contributed by atoms with van der Waals surface area (Å²) in [6, 6.07) is 18.5. The van der Waals surface area contributed by atoms with Crippen molar-refractivity contribution >= 4 is 35.7 Å². The Bertz CT molecular complexity index is 1850. The second kappa shape index (κ2) is 21.4. The molecule has 0 saturated carbocycles. The Hall–Kier alpha value is -4.87. The number of halogens is 3. The molecule has 59 heavy (non-hydrogen) atoms. The normalized spacial score (nSPS) is 15.4. The van der Waals surface area contributed by atoms with Gasteiger partial charge in [-0.05, 0) is 71.8 Å². The van der Waals surface area contributed by atoms with E-state index in [9.17, 15) is 37.5 Å². The first-order valence-electron chi connectivity index (χ1n) is 19.6. The number of rotatable bonds is 20. The second-order valence-corrected chi connectivity index (χ2v) is 16.8. The van der Waals surface area contributed by atoms with Crippen molar-refractivity contribution in [3.63, 3.8) is 0 Å². The number of hydrogen-bond acceptors (Lipinski definition) is 9. The largest absolute Gasteiger partial charge is 0.453 e. The van der Waals surface area contributed by atoms with E-state index in [0.29, 0.717) is 31.6 Å². The van der Waals surface area contributed by atoms with Crippen molar-refractivity contribution in [1.29, 1.82) is 0 Å². The molecule has 322 valence electrons. The average molecular weight is 844 g/mol. The first kappa shape index (κ1) is 46.8. The molecule has 0 aliphatic carbocycles. The maximum absolute atomic E-state index is 14.4. The zero-order valence-corrected chi connectivity index (χ0v) is 35.2. The average Bonchev–Trinajstić information content (AvgIpc) is 3.52. The predicted octanol–water partition coefficient (Wildman–Crippen LogP) is 6.05. The van der Waals surface area contributed by atoms with Gasteiger partial charge in [0, 0.05) is 49.7 Å². The van der Waals surface area contributed by atoms with Crippen LogP contribution in [0.25, 0.3) is 0 Å². The quantitative estimate of drug-likeness (QED) is 0.0786. The lowest BCUT2D eigenvalue weighted by molar-refractivity contribution is -0.131. The number of carbonyl (C=O) groups excluding carboxylic acids is 4. The number of hydrazine groups is 1. The van der Waals surface area contributed by atoms with Crippen molar-refractivity contribution in [2.75, 3.05) is 33.3 Å². The van der Waals surface area contributed by atoms with Crippen molar-refractivity contribution < 1.29 is 42.2 Å². The molecular formula is C42H56F3N7O6S. The van der Waals surface area contributed by atoms with Gasteiger partial charge in [0.25, 0.3) is 0 Å². The highest BCUT2D eigenvalue weighted by Crippen LogP contribution is 2.36. The van der Waals surface area contributed by atoms with Crippen LogP contribution in [-0.4, -0.2) is 106 Å². The van der Waals surface area contributed by atoms with Crippen LogP contribution in [0.4, 0.5) is 22.8 Å². The highest BCUT2D eigenvalue weighted by Gasteiger charge is 2.41. The number of nitrogens with one attached hydrogen (secondary N) is 3. The maximum Gasteiger partial charge on any atom is 0.446 e. The number of aryl methyl sites for hydroxylation is 1. The number of aliphatic hydroxyl groups excluding tert-OH is 1. The number of methoxy groups -OCH3 is 1. The second-order valence-electron chi connectivity index (χ2n) is 15.7. The van der Waals surface area contributed by atoms with E-state index in [1.165, 1.54) is 36.4 Å². The third-order valence-corrected chi connectivity index (χ3v) is 10.8. The Labute approximate surface area is 348 Å². The molecule has 13 nitrogen and oxygen atoms in total. The number of aromatic nitrogens is 1.